The van der Waals surface area contributed by atoms with Crippen LogP contribution >= 0.6 is 0 Å². The largest absolute Gasteiger partial charge is 0.494 e. The predicted octanol–water partition coefficient (Wildman–Crippen LogP) is 1.11. The van der Waals surface area contributed by atoms with Gasteiger partial charge in [0.25, 0.3) is 5.56 Å². The van der Waals surface area contributed by atoms with Crippen molar-refractivity contribution in [2.45, 2.75) is 25.0 Å². The molecular weight excluding hydrogens is 426 g/mol. The van der Waals surface area contributed by atoms with E-state index in [1.165, 1.54) is 9.47 Å². The van der Waals surface area contributed by atoms with E-state index in [0.29, 0.717) is 19.3 Å². The Labute approximate surface area is 179 Å². The van der Waals surface area contributed by atoms with Crippen molar-refractivity contribution in [1.82, 2.24) is 14.9 Å². The van der Waals surface area contributed by atoms with Gasteiger partial charge in [0.1, 0.15) is 16.9 Å². The molecule has 1 saturated carbocycles. The number of hydrogen-bond donors (Lipinski definition) is 3. The van der Waals surface area contributed by atoms with Crippen molar-refractivity contribution in [3.05, 3.63) is 44.3 Å². The van der Waals surface area contributed by atoms with Crippen LogP contribution in [0.5, 0.6) is 5.88 Å². The molecule has 1 unspecified atom stereocenters. The fourth-order valence-corrected chi connectivity index (χ4v) is 4.44. The second-order valence-corrected chi connectivity index (χ2v) is 8.05. The van der Waals surface area contributed by atoms with Crippen LogP contribution in [0.3, 0.4) is 0 Å². The van der Waals surface area contributed by atoms with E-state index < -0.39 is 34.6 Å². The molecule has 3 N–H and O–H groups in total. The first-order chi connectivity index (χ1) is 15.4. The number of benzene rings is 1. The quantitative estimate of drug-likeness (QED) is 0.400. The summed E-state index contributed by atoms with van der Waals surface area (Å²) in [5, 5.41) is 12.3. The summed E-state index contributed by atoms with van der Waals surface area (Å²) in [4.78, 5) is 39.3. The van der Waals surface area contributed by atoms with Gasteiger partial charge >= 0.3 is 0 Å². The molecule has 11 heteroatoms. The van der Waals surface area contributed by atoms with E-state index in [1.54, 1.807) is 0 Å². The number of anilines is 1. The number of hydrogen-bond acceptors (Lipinski definition) is 6. The number of halogens is 2. The smallest absolute Gasteiger partial charge is 0.252 e. The first-order valence-electron chi connectivity index (χ1n) is 10.3. The molecule has 1 aliphatic heterocycles. The molecule has 0 spiro atoms. The molecular formula is C21H20F2N4O5. The Bertz CT molecular complexity index is 1360. The minimum absolute atomic E-state index is 0.0968. The van der Waals surface area contributed by atoms with E-state index in [1.807, 2.05) is 0 Å². The van der Waals surface area contributed by atoms with Crippen molar-refractivity contribution in [2.75, 3.05) is 31.1 Å². The predicted molar refractivity (Wildman–Crippen MR) is 112 cm³/mol. The maximum atomic E-state index is 15.9. The standard InChI is InChI=1S/C21H20F2N4O5/c22-13-5-12-18(17(23)19(13)26-3-4-32-11(8-26)7-24-9-28)27(10-1-2-10)14-6-15(29)25-21(31)16(14)20(12)30/h5-6,9-11H,1-4,7-8H2,(H,24,28)(H2,25,29,31). The zero-order valence-electron chi connectivity index (χ0n) is 16.9. The summed E-state index contributed by atoms with van der Waals surface area (Å²) in [6.07, 6.45) is 1.46. The highest BCUT2D eigenvalue weighted by Crippen LogP contribution is 2.42. The van der Waals surface area contributed by atoms with Crippen molar-refractivity contribution in [3.8, 4) is 5.88 Å². The van der Waals surface area contributed by atoms with Gasteiger partial charge in [-0.2, -0.15) is 0 Å². The fourth-order valence-electron chi connectivity index (χ4n) is 4.44. The highest BCUT2D eigenvalue weighted by molar-refractivity contribution is 5.97. The molecule has 2 fully saturated rings. The number of nitrogens with zero attached hydrogens (tertiary/aromatic N) is 2. The van der Waals surface area contributed by atoms with E-state index >= 15 is 8.78 Å². The van der Waals surface area contributed by atoms with Crippen LogP contribution in [0.1, 0.15) is 18.9 Å². The van der Waals surface area contributed by atoms with Crippen LogP contribution in [-0.4, -0.2) is 53.4 Å². The van der Waals surface area contributed by atoms with Gasteiger partial charge in [-0.15, -0.1) is 0 Å². The number of amides is 1. The Morgan fingerprint density at radius 1 is 1.28 bits per heavy atom. The number of pyridine rings is 2. The van der Waals surface area contributed by atoms with E-state index in [9.17, 15) is 19.5 Å². The average Bonchev–Trinajstić information content (AvgIpc) is 3.58. The van der Waals surface area contributed by atoms with Crippen LogP contribution in [0.15, 0.2) is 21.7 Å². The second-order valence-electron chi connectivity index (χ2n) is 8.05. The number of carbonyl (C=O) groups is 1. The Morgan fingerprint density at radius 2 is 2.06 bits per heavy atom. The molecule has 1 aliphatic carbocycles. The number of nitrogens with one attached hydrogen (secondary N) is 2. The lowest BCUT2D eigenvalue weighted by Gasteiger charge is -2.35. The Morgan fingerprint density at radius 3 is 2.78 bits per heavy atom. The molecule has 2 aliphatic rings. The number of aromatic nitrogens is 2. The maximum Gasteiger partial charge on any atom is 0.252 e. The van der Waals surface area contributed by atoms with Gasteiger partial charge < -0.3 is 24.6 Å². The first-order valence-corrected chi connectivity index (χ1v) is 10.3. The Kier molecular flexibility index (Phi) is 4.85. The van der Waals surface area contributed by atoms with Crippen molar-refractivity contribution in [1.29, 1.82) is 0 Å². The van der Waals surface area contributed by atoms with Gasteiger partial charge in [0.15, 0.2) is 5.82 Å². The van der Waals surface area contributed by atoms with E-state index in [2.05, 4.69) is 10.3 Å². The summed E-state index contributed by atoms with van der Waals surface area (Å²) in [5.74, 6) is -2.45. The van der Waals surface area contributed by atoms with Gasteiger partial charge in [-0.1, -0.05) is 0 Å². The Balaban J connectivity index is 1.77. The molecule has 32 heavy (non-hydrogen) atoms. The molecule has 1 aromatic carbocycles. The zero-order valence-corrected chi connectivity index (χ0v) is 16.9. The number of H-pyrrole nitrogens is 1. The summed E-state index contributed by atoms with van der Waals surface area (Å²) in [5.41, 5.74) is -1.68. The van der Waals surface area contributed by atoms with Crippen LogP contribution in [0, 0.1) is 11.6 Å². The molecule has 1 saturated heterocycles. The number of rotatable bonds is 5. The van der Waals surface area contributed by atoms with Crippen LogP contribution < -0.4 is 21.2 Å². The van der Waals surface area contributed by atoms with Gasteiger partial charge in [-0.25, -0.2) is 8.78 Å². The number of fused-ring (bicyclic) bond motifs is 2. The van der Waals surface area contributed by atoms with E-state index in [4.69, 9.17) is 4.74 Å². The third-order valence-corrected chi connectivity index (χ3v) is 5.94. The SMILES string of the molecule is O=CNCC1CN(c2c(F)cc3c(=O)c4c(O)[nH]c(=O)cc4n(C4CC4)c3c2F)CCO1. The van der Waals surface area contributed by atoms with Gasteiger partial charge in [-0.05, 0) is 18.9 Å². The summed E-state index contributed by atoms with van der Waals surface area (Å²) in [6.45, 7) is 0.759. The molecule has 3 aromatic rings. The first kappa shape index (κ1) is 20.4. The molecule has 0 bridgehead atoms. The van der Waals surface area contributed by atoms with E-state index in [-0.39, 0.29) is 59.8 Å². The topological polar surface area (TPSA) is 117 Å². The van der Waals surface area contributed by atoms with Gasteiger partial charge in [0.05, 0.1) is 29.1 Å². The lowest BCUT2D eigenvalue weighted by Crippen LogP contribution is -2.47. The third kappa shape index (κ3) is 3.20. The minimum Gasteiger partial charge on any atom is -0.494 e. The number of aromatic hydroxyl groups is 1. The van der Waals surface area contributed by atoms with Crippen molar-refractivity contribution >= 4 is 33.9 Å². The average molecular weight is 446 g/mol. The summed E-state index contributed by atoms with van der Waals surface area (Å²) in [6, 6.07) is 1.95. The van der Waals surface area contributed by atoms with Gasteiger partial charge in [-0.3, -0.25) is 19.4 Å². The highest BCUT2D eigenvalue weighted by Gasteiger charge is 2.33. The van der Waals surface area contributed by atoms with Crippen molar-refractivity contribution < 1.29 is 23.4 Å². The number of morpholine rings is 1. The van der Waals surface area contributed by atoms with Crippen LogP contribution in [0.25, 0.3) is 21.8 Å². The summed E-state index contributed by atoms with van der Waals surface area (Å²) < 4.78 is 38.2. The molecule has 2 aromatic heterocycles. The Hall–Kier alpha value is -3.47. The molecule has 5 rings (SSSR count). The second kappa shape index (κ2) is 7.59. The lowest BCUT2D eigenvalue weighted by molar-refractivity contribution is -0.110. The molecule has 168 valence electrons. The van der Waals surface area contributed by atoms with Gasteiger partial charge in [0, 0.05) is 31.7 Å². The monoisotopic (exact) mass is 446 g/mol. The molecule has 1 amide bonds. The normalized spacial score (nSPS) is 18.9. The molecule has 0 radical (unpaired) electrons. The third-order valence-electron chi connectivity index (χ3n) is 5.94. The van der Waals surface area contributed by atoms with Crippen LogP contribution in [0.4, 0.5) is 14.5 Å². The maximum absolute atomic E-state index is 15.9. The number of carbonyl (C=O) groups excluding carboxylic acids is 1. The minimum atomic E-state index is -0.915. The fraction of sp³-hybridized carbons (Fsp3) is 0.381. The highest BCUT2D eigenvalue weighted by atomic mass is 19.1. The summed E-state index contributed by atoms with van der Waals surface area (Å²) in [7, 11) is 0. The number of aromatic amines is 1. The lowest BCUT2D eigenvalue weighted by atomic mass is 10.1. The van der Waals surface area contributed by atoms with E-state index in [0.717, 1.165) is 12.1 Å². The van der Waals surface area contributed by atoms with Crippen LogP contribution in [-0.2, 0) is 9.53 Å². The molecule has 1 atom stereocenters. The summed E-state index contributed by atoms with van der Waals surface area (Å²) >= 11 is 0. The molecule has 9 nitrogen and oxygen atoms in total. The number of ether oxygens (including phenoxy) is 1. The zero-order chi connectivity index (χ0) is 22.6. The molecule has 3 heterocycles. The van der Waals surface area contributed by atoms with Crippen molar-refractivity contribution in [2.24, 2.45) is 0 Å². The van der Waals surface area contributed by atoms with Gasteiger partial charge in [0.2, 0.25) is 17.7 Å². The van der Waals surface area contributed by atoms with Crippen LogP contribution in [0.2, 0.25) is 0 Å². The van der Waals surface area contributed by atoms with Crippen molar-refractivity contribution in [3.63, 3.8) is 0 Å².